The number of ether oxygens (including phenoxy) is 2. The van der Waals surface area contributed by atoms with Gasteiger partial charge in [0.15, 0.2) is 11.5 Å². The van der Waals surface area contributed by atoms with Crippen molar-refractivity contribution in [3.8, 4) is 11.5 Å². The first-order valence-corrected chi connectivity index (χ1v) is 12.3. The van der Waals surface area contributed by atoms with Gasteiger partial charge in [0.05, 0.1) is 4.90 Å². The molecule has 1 saturated carbocycles. The highest BCUT2D eigenvalue weighted by molar-refractivity contribution is 7.89. The third kappa shape index (κ3) is 4.90. The van der Waals surface area contributed by atoms with Crippen molar-refractivity contribution in [3.05, 3.63) is 18.2 Å². The zero-order valence-electron chi connectivity index (χ0n) is 17.6. The quantitative estimate of drug-likeness (QED) is 0.671. The molecule has 1 aromatic rings. The van der Waals surface area contributed by atoms with Gasteiger partial charge in [-0.05, 0) is 43.7 Å². The number of carbonyl (C=O) groups is 1. The summed E-state index contributed by atoms with van der Waals surface area (Å²) < 4.78 is 39.5. The van der Waals surface area contributed by atoms with Crippen LogP contribution in [0.3, 0.4) is 0 Å². The molecule has 2 N–H and O–H groups in total. The smallest absolute Gasteiger partial charge is 0.241 e. The Morgan fingerprint density at radius 2 is 1.73 bits per heavy atom. The summed E-state index contributed by atoms with van der Waals surface area (Å²) in [6.45, 7) is 6.47. The third-order valence-corrected chi connectivity index (χ3v) is 7.43. The van der Waals surface area contributed by atoms with Crippen LogP contribution in [0.5, 0.6) is 11.5 Å². The number of nitrogens with zero attached hydrogens (tertiary/aromatic N) is 1. The van der Waals surface area contributed by atoms with Crippen molar-refractivity contribution in [2.45, 2.75) is 62.6 Å². The van der Waals surface area contributed by atoms with Gasteiger partial charge in [-0.3, -0.25) is 4.79 Å². The molecule has 30 heavy (non-hydrogen) atoms. The summed E-state index contributed by atoms with van der Waals surface area (Å²) in [5.41, 5.74) is 0. The van der Waals surface area contributed by atoms with Crippen LogP contribution < -0.4 is 19.5 Å². The second-order valence-electron chi connectivity index (χ2n) is 8.70. The number of amides is 1. The highest BCUT2D eigenvalue weighted by Crippen LogP contribution is 2.32. The Morgan fingerprint density at radius 1 is 1.07 bits per heavy atom. The van der Waals surface area contributed by atoms with Gasteiger partial charge in [-0.25, -0.2) is 8.42 Å². The number of piperidine rings is 1. The van der Waals surface area contributed by atoms with Crippen LogP contribution in [0, 0.1) is 5.92 Å². The van der Waals surface area contributed by atoms with E-state index in [-0.39, 0.29) is 22.8 Å². The van der Waals surface area contributed by atoms with E-state index >= 15 is 0 Å². The summed E-state index contributed by atoms with van der Waals surface area (Å²) >= 11 is 0. The molecule has 0 bridgehead atoms. The Bertz CT molecular complexity index is 877. The normalized spacial score (nSPS) is 21.4. The maximum atomic E-state index is 13.0. The van der Waals surface area contributed by atoms with Gasteiger partial charge >= 0.3 is 0 Å². The summed E-state index contributed by atoms with van der Waals surface area (Å²) in [5, 5.41) is 3.07. The zero-order chi connectivity index (χ0) is 21.3. The molecule has 1 aliphatic carbocycles. The molecule has 0 radical (unpaired) electrons. The molecule has 8 nitrogen and oxygen atoms in total. The van der Waals surface area contributed by atoms with E-state index in [1.54, 1.807) is 6.07 Å². The molecule has 2 fully saturated rings. The molecule has 9 heteroatoms. The number of hydrogen-bond donors (Lipinski definition) is 2. The summed E-state index contributed by atoms with van der Waals surface area (Å²) in [4.78, 5) is 15.5. The number of fused-ring (bicyclic) bond motifs is 1. The topological polar surface area (TPSA) is 97.0 Å². The van der Waals surface area contributed by atoms with Gasteiger partial charge < -0.3 is 19.7 Å². The first-order valence-electron chi connectivity index (χ1n) is 10.8. The molecular weight excluding hydrogens is 406 g/mol. The fourth-order valence-corrected chi connectivity index (χ4v) is 5.42. The van der Waals surface area contributed by atoms with Crippen LogP contribution in [-0.2, 0) is 14.8 Å². The lowest BCUT2D eigenvalue weighted by molar-refractivity contribution is -0.124. The van der Waals surface area contributed by atoms with Gasteiger partial charge in [-0.1, -0.05) is 13.8 Å². The second-order valence-corrected chi connectivity index (χ2v) is 10.4. The molecule has 1 amide bonds. The van der Waals surface area contributed by atoms with Gasteiger partial charge in [0.1, 0.15) is 19.3 Å². The lowest BCUT2D eigenvalue weighted by Gasteiger charge is -2.33. The summed E-state index contributed by atoms with van der Waals surface area (Å²) in [6.07, 6.45) is 4.38. The van der Waals surface area contributed by atoms with Crippen LogP contribution in [0.1, 0.15) is 39.5 Å². The van der Waals surface area contributed by atoms with E-state index in [0.29, 0.717) is 24.7 Å². The summed E-state index contributed by atoms with van der Waals surface area (Å²) in [7, 11) is -3.89. The number of carbonyl (C=O) groups excluding carboxylic acids is 1. The lowest BCUT2D eigenvalue weighted by Crippen LogP contribution is -2.54. The standard InChI is InChI=1S/C21H31N3O5S/c1-14(2)20(21(25)22-15-7-9-24(10-8-15)16-3-4-16)23-30(26,27)17-5-6-18-19(13-17)29-12-11-28-18/h5-6,13-16,20,23H,3-4,7-12H2,1-2H3,(H,22,25)/t20-/m0/s1. The monoisotopic (exact) mass is 437 g/mol. The second kappa shape index (κ2) is 8.72. The van der Waals surface area contributed by atoms with Crippen molar-refractivity contribution in [1.82, 2.24) is 14.9 Å². The van der Waals surface area contributed by atoms with Crippen LogP contribution in [-0.4, -0.2) is 63.7 Å². The maximum absolute atomic E-state index is 13.0. The number of sulfonamides is 1. The van der Waals surface area contributed by atoms with Crippen molar-refractivity contribution in [3.63, 3.8) is 0 Å². The molecule has 1 saturated heterocycles. The van der Waals surface area contributed by atoms with E-state index in [9.17, 15) is 13.2 Å². The van der Waals surface area contributed by atoms with Crippen LogP contribution in [0.25, 0.3) is 0 Å². The minimum absolute atomic E-state index is 0.0583. The highest BCUT2D eigenvalue weighted by Gasteiger charge is 2.34. The van der Waals surface area contributed by atoms with Crippen LogP contribution in [0.4, 0.5) is 0 Å². The maximum Gasteiger partial charge on any atom is 0.241 e. The summed E-state index contributed by atoms with van der Waals surface area (Å²) in [6, 6.07) is 4.49. The number of likely N-dealkylation sites (tertiary alicyclic amines) is 1. The lowest BCUT2D eigenvalue weighted by atomic mass is 10.0. The molecule has 1 atom stereocenters. The Hall–Kier alpha value is -1.84. The van der Waals surface area contributed by atoms with Crippen molar-refractivity contribution in [2.75, 3.05) is 26.3 Å². The minimum atomic E-state index is -3.89. The van der Waals surface area contributed by atoms with E-state index < -0.39 is 16.1 Å². The van der Waals surface area contributed by atoms with Crippen molar-refractivity contribution >= 4 is 15.9 Å². The van der Waals surface area contributed by atoms with Crippen molar-refractivity contribution in [1.29, 1.82) is 0 Å². The molecule has 0 spiro atoms. The van der Waals surface area contributed by atoms with E-state index in [4.69, 9.17) is 9.47 Å². The minimum Gasteiger partial charge on any atom is -0.486 e. The van der Waals surface area contributed by atoms with Gasteiger partial charge in [0, 0.05) is 31.2 Å². The van der Waals surface area contributed by atoms with Gasteiger partial charge in [-0.2, -0.15) is 4.72 Å². The zero-order valence-corrected chi connectivity index (χ0v) is 18.4. The highest BCUT2D eigenvalue weighted by atomic mass is 32.2. The Morgan fingerprint density at radius 3 is 2.37 bits per heavy atom. The summed E-state index contributed by atoms with van der Waals surface area (Å²) in [5.74, 6) is 0.465. The van der Waals surface area contributed by atoms with Crippen molar-refractivity contribution < 1.29 is 22.7 Å². The van der Waals surface area contributed by atoms with E-state index in [1.165, 1.54) is 25.0 Å². The van der Waals surface area contributed by atoms with Crippen LogP contribution in [0.2, 0.25) is 0 Å². The molecule has 0 aromatic heterocycles. The molecular formula is C21H31N3O5S. The molecule has 4 rings (SSSR count). The number of rotatable bonds is 7. The van der Waals surface area contributed by atoms with E-state index in [0.717, 1.165) is 32.0 Å². The van der Waals surface area contributed by atoms with Crippen LogP contribution >= 0.6 is 0 Å². The molecule has 3 aliphatic rings. The number of hydrogen-bond acceptors (Lipinski definition) is 6. The predicted molar refractivity (Wildman–Crippen MR) is 112 cm³/mol. The Labute approximate surface area is 178 Å². The molecule has 2 aliphatic heterocycles. The Balaban J connectivity index is 1.40. The number of nitrogens with one attached hydrogen (secondary N) is 2. The van der Waals surface area contributed by atoms with Crippen LogP contribution in [0.15, 0.2) is 23.1 Å². The fourth-order valence-electron chi connectivity index (χ4n) is 4.06. The third-order valence-electron chi connectivity index (χ3n) is 5.99. The van der Waals surface area contributed by atoms with E-state index in [1.807, 2.05) is 13.8 Å². The largest absolute Gasteiger partial charge is 0.486 e. The SMILES string of the molecule is CC(C)[C@H](NS(=O)(=O)c1ccc2c(c1)OCCO2)C(=O)NC1CCN(C2CC2)CC1. The fraction of sp³-hybridized carbons (Fsp3) is 0.667. The molecule has 0 unspecified atom stereocenters. The average molecular weight is 438 g/mol. The van der Waals surface area contributed by atoms with Gasteiger partial charge in [0.2, 0.25) is 15.9 Å². The van der Waals surface area contributed by atoms with Gasteiger partial charge in [0.25, 0.3) is 0 Å². The number of benzene rings is 1. The van der Waals surface area contributed by atoms with E-state index in [2.05, 4.69) is 14.9 Å². The first kappa shape index (κ1) is 21.4. The first-order chi connectivity index (χ1) is 14.3. The van der Waals surface area contributed by atoms with Gasteiger partial charge in [-0.15, -0.1) is 0 Å². The Kier molecular flexibility index (Phi) is 6.22. The molecule has 2 heterocycles. The predicted octanol–water partition coefficient (Wildman–Crippen LogP) is 1.50. The van der Waals surface area contributed by atoms with Crippen molar-refractivity contribution in [2.24, 2.45) is 5.92 Å². The average Bonchev–Trinajstić information content (AvgIpc) is 3.57. The molecule has 166 valence electrons. The molecule has 1 aromatic carbocycles.